The van der Waals surface area contributed by atoms with Gasteiger partial charge in [-0.25, -0.2) is 14.2 Å². The van der Waals surface area contributed by atoms with Crippen molar-refractivity contribution in [1.29, 1.82) is 0 Å². The molecule has 10 heteroatoms. The first-order valence-electron chi connectivity index (χ1n) is 7.57. The van der Waals surface area contributed by atoms with Gasteiger partial charge >= 0.3 is 5.97 Å². The van der Waals surface area contributed by atoms with E-state index < -0.39 is 22.8 Å². The first kappa shape index (κ1) is 15.6. The van der Waals surface area contributed by atoms with E-state index in [0.29, 0.717) is 18.2 Å². The van der Waals surface area contributed by atoms with Gasteiger partial charge in [0, 0.05) is 19.3 Å². The fourth-order valence-corrected chi connectivity index (χ4v) is 3.47. The molecule has 1 fully saturated rings. The summed E-state index contributed by atoms with van der Waals surface area (Å²) in [5, 5.41) is 17.2. The molecular formula is C15H12FN5O3S. The first-order valence-corrected chi connectivity index (χ1v) is 8.45. The number of carbonyl (C=O) groups is 1. The molecule has 0 radical (unpaired) electrons. The van der Waals surface area contributed by atoms with Crippen molar-refractivity contribution in [1.82, 2.24) is 19.7 Å². The highest BCUT2D eigenvalue weighted by molar-refractivity contribution is 7.11. The van der Waals surface area contributed by atoms with Crippen molar-refractivity contribution < 1.29 is 14.3 Å². The predicted octanol–water partition coefficient (Wildman–Crippen LogP) is 1.67. The van der Waals surface area contributed by atoms with E-state index in [1.165, 1.54) is 10.1 Å². The lowest BCUT2D eigenvalue weighted by molar-refractivity contribution is 0.0695. The summed E-state index contributed by atoms with van der Waals surface area (Å²) in [5.74, 6) is -1.88. The Kier molecular flexibility index (Phi) is 3.68. The molecule has 4 heterocycles. The van der Waals surface area contributed by atoms with Gasteiger partial charge in [-0.3, -0.25) is 9.36 Å². The number of hydrogen-bond acceptors (Lipinski definition) is 7. The minimum Gasteiger partial charge on any atom is -0.477 e. The third-order valence-corrected chi connectivity index (χ3v) is 4.79. The number of fused-ring (bicyclic) bond motifs is 1. The molecule has 128 valence electrons. The first-order chi connectivity index (χ1) is 12.1. The maximum atomic E-state index is 14.5. The Morgan fingerprint density at radius 3 is 2.72 bits per heavy atom. The van der Waals surface area contributed by atoms with E-state index in [2.05, 4.69) is 15.2 Å². The van der Waals surface area contributed by atoms with Crippen LogP contribution in [-0.2, 0) is 0 Å². The van der Waals surface area contributed by atoms with Crippen LogP contribution in [0.25, 0.3) is 16.2 Å². The molecule has 1 N–H and O–H groups in total. The lowest BCUT2D eigenvalue weighted by Crippen LogP contribution is -2.23. The SMILES string of the molecule is O=C(O)c1cn(-c2nncs2)c2nc(N3CCCC3)c(F)cc2c1=O. The number of carboxylic acid groups (broad SMARTS) is 1. The second kappa shape index (κ2) is 5.88. The molecule has 1 aliphatic rings. The number of carboxylic acids is 1. The number of aromatic nitrogens is 4. The van der Waals surface area contributed by atoms with Gasteiger partial charge in [-0.2, -0.15) is 0 Å². The Bertz CT molecular complexity index is 1030. The molecule has 0 spiro atoms. The minimum absolute atomic E-state index is 0.101. The van der Waals surface area contributed by atoms with Crippen LogP contribution in [0.15, 0.2) is 22.6 Å². The topological polar surface area (TPSA) is 101 Å². The van der Waals surface area contributed by atoms with E-state index in [1.54, 1.807) is 0 Å². The summed E-state index contributed by atoms with van der Waals surface area (Å²) in [7, 11) is 0. The van der Waals surface area contributed by atoms with Gasteiger partial charge in [0.1, 0.15) is 11.1 Å². The lowest BCUT2D eigenvalue weighted by Gasteiger charge is -2.18. The van der Waals surface area contributed by atoms with Gasteiger partial charge in [-0.15, -0.1) is 10.2 Å². The summed E-state index contributed by atoms with van der Waals surface area (Å²) in [4.78, 5) is 30.0. The smallest absolute Gasteiger partial charge is 0.341 e. The normalized spacial score (nSPS) is 14.4. The highest BCUT2D eigenvalue weighted by Crippen LogP contribution is 2.26. The molecular weight excluding hydrogens is 349 g/mol. The summed E-state index contributed by atoms with van der Waals surface area (Å²) >= 11 is 1.16. The average Bonchev–Trinajstić information content (AvgIpc) is 3.28. The van der Waals surface area contributed by atoms with Gasteiger partial charge in [-0.1, -0.05) is 11.3 Å². The van der Waals surface area contributed by atoms with Crippen LogP contribution in [-0.4, -0.2) is 43.9 Å². The van der Waals surface area contributed by atoms with Gasteiger partial charge in [0.2, 0.25) is 10.6 Å². The van der Waals surface area contributed by atoms with Crippen molar-refractivity contribution >= 4 is 34.2 Å². The molecule has 0 aliphatic carbocycles. The number of nitrogens with zero attached hydrogens (tertiary/aromatic N) is 5. The van der Waals surface area contributed by atoms with Crippen molar-refractivity contribution in [2.75, 3.05) is 18.0 Å². The third-order valence-electron chi connectivity index (χ3n) is 4.10. The van der Waals surface area contributed by atoms with Crippen LogP contribution in [0.3, 0.4) is 0 Å². The molecule has 0 unspecified atom stereocenters. The molecule has 3 aromatic rings. The minimum atomic E-state index is -1.39. The second-order valence-corrected chi connectivity index (χ2v) is 6.44. The Balaban J connectivity index is 2.06. The number of hydrogen-bond donors (Lipinski definition) is 1. The Hall–Kier alpha value is -2.88. The molecule has 8 nitrogen and oxygen atoms in total. The monoisotopic (exact) mass is 361 g/mol. The molecule has 0 saturated carbocycles. The summed E-state index contributed by atoms with van der Waals surface area (Å²) < 4.78 is 15.9. The fraction of sp³-hybridized carbons (Fsp3) is 0.267. The zero-order valence-electron chi connectivity index (χ0n) is 12.8. The summed E-state index contributed by atoms with van der Waals surface area (Å²) in [6, 6.07) is 1.06. The molecule has 0 aromatic carbocycles. The molecule has 0 bridgehead atoms. The summed E-state index contributed by atoms with van der Waals surface area (Å²) in [6.45, 7) is 1.37. The quantitative estimate of drug-likeness (QED) is 0.757. The van der Waals surface area contributed by atoms with Crippen LogP contribution >= 0.6 is 11.3 Å². The fourth-order valence-electron chi connectivity index (χ4n) is 2.94. The number of halogens is 1. The molecule has 4 rings (SSSR count). The van der Waals surface area contributed by atoms with Gasteiger partial charge in [0.25, 0.3) is 0 Å². The Morgan fingerprint density at radius 2 is 2.08 bits per heavy atom. The highest BCUT2D eigenvalue weighted by Gasteiger charge is 2.23. The average molecular weight is 361 g/mol. The molecule has 0 atom stereocenters. The van der Waals surface area contributed by atoms with Gasteiger partial charge in [-0.05, 0) is 18.9 Å². The predicted molar refractivity (Wildman–Crippen MR) is 89.2 cm³/mol. The summed E-state index contributed by atoms with van der Waals surface area (Å²) in [5.41, 5.74) is 0.389. The number of pyridine rings is 2. The maximum absolute atomic E-state index is 14.5. The second-order valence-electron chi connectivity index (χ2n) is 5.63. The van der Waals surface area contributed by atoms with E-state index in [9.17, 15) is 19.1 Å². The van der Waals surface area contributed by atoms with E-state index in [0.717, 1.165) is 36.4 Å². The number of rotatable bonds is 3. The van der Waals surface area contributed by atoms with E-state index in [-0.39, 0.29) is 16.9 Å². The standard InChI is InChI=1S/C15H12FN5O3S/c16-10-5-8-11(22)9(14(23)24)6-21(15-19-17-7-25-15)12(8)18-13(10)20-3-1-2-4-20/h5-7H,1-4H2,(H,23,24). The van der Waals surface area contributed by atoms with E-state index in [4.69, 9.17) is 0 Å². The van der Waals surface area contributed by atoms with E-state index in [1.807, 2.05) is 4.90 Å². The van der Waals surface area contributed by atoms with Crippen LogP contribution < -0.4 is 10.3 Å². The van der Waals surface area contributed by atoms with Gasteiger partial charge in [0.05, 0.1) is 5.39 Å². The molecule has 3 aromatic heterocycles. The third kappa shape index (κ3) is 2.54. The van der Waals surface area contributed by atoms with Crippen LogP contribution in [0.5, 0.6) is 0 Å². The molecule has 1 aliphatic heterocycles. The molecule has 25 heavy (non-hydrogen) atoms. The summed E-state index contributed by atoms with van der Waals surface area (Å²) in [6.07, 6.45) is 3.05. The zero-order chi connectivity index (χ0) is 17.6. The highest BCUT2D eigenvalue weighted by atomic mass is 32.1. The van der Waals surface area contributed by atoms with Gasteiger partial charge < -0.3 is 10.0 Å². The molecule has 0 amide bonds. The van der Waals surface area contributed by atoms with Crippen molar-refractivity contribution in [2.24, 2.45) is 0 Å². The molecule has 1 saturated heterocycles. The zero-order valence-corrected chi connectivity index (χ0v) is 13.7. The van der Waals surface area contributed by atoms with Gasteiger partial charge in [0.15, 0.2) is 17.3 Å². The van der Waals surface area contributed by atoms with Crippen LogP contribution in [0.2, 0.25) is 0 Å². The Morgan fingerprint density at radius 1 is 1.32 bits per heavy atom. The largest absolute Gasteiger partial charge is 0.477 e. The lowest BCUT2D eigenvalue weighted by atomic mass is 10.2. The number of anilines is 1. The van der Waals surface area contributed by atoms with Crippen molar-refractivity contribution in [2.45, 2.75) is 12.8 Å². The number of aromatic carboxylic acids is 1. The van der Waals surface area contributed by atoms with Crippen molar-refractivity contribution in [3.05, 3.63) is 39.4 Å². The van der Waals surface area contributed by atoms with Crippen molar-refractivity contribution in [3.8, 4) is 5.13 Å². The van der Waals surface area contributed by atoms with Crippen LogP contribution in [0, 0.1) is 5.82 Å². The van der Waals surface area contributed by atoms with Crippen LogP contribution in [0.4, 0.5) is 10.2 Å². The Labute approximate surface area is 144 Å². The maximum Gasteiger partial charge on any atom is 0.341 e. The van der Waals surface area contributed by atoms with E-state index >= 15 is 0 Å². The van der Waals surface area contributed by atoms with Crippen LogP contribution in [0.1, 0.15) is 23.2 Å². The van der Waals surface area contributed by atoms with Crippen molar-refractivity contribution in [3.63, 3.8) is 0 Å².